The first-order valence-electron chi connectivity index (χ1n) is 4.22. The maximum Gasteiger partial charge on any atom is 0.346 e. The van der Waals surface area contributed by atoms with E-state index < -0.39 is 5.92 Å². The number of ether oxygens (including phenoxy) is 1. The van der Waals surface area contributed by atoms with Crippen molar-refractivity contribution < 1.29 is 13.8 Å². The van der Waals surface area contributed by atoms with Gasteiger partial charge in [-0.3, -0.25) is 4.57 Å². The molecule has 0 aromatic heterocycles. The highest BCUT2D eigenvalue weighted by Gasteiger charge is 2.20. The lowest BCUT2D eigenvalue weighted by atomic mass is 10.5. The first-order valence-corrected chi connectivity index (χ1v) is 8.34. The van der Waals surface area contributed by atoms with Crippen LogP contribution in [0.25, 0.3) is 0 Å². The van der Waals surface area contributed by atoms with Crippen LogP contribution in [0.3, 0.4) is 0 Å². The molecular formula is C7H16ClO3PS. The SMILES string of the molecule is CCOC(C)CSP(=O)(Cl)OCC. The molecule has 0 aromatic rings. The van der Waals surface area contributed by atoms with Gasteiger partial charge in [0.15, 0.2) is 0 Å². The smallest absolute Gasteiger partial charge is 0.346 e. The quantitative estimate of drug-likeness (QED) is 0.644. The predicted octanol–water partition coefficient (Wildman–Crippen LogP) is 3.53. The summed E-state index contributed by atoms with van der Waals surface area (Å²) < 4.78 is 21.5. The summed E-state index contributed by atoms with van der Waals surface area (Å²) in [5.74, 6) is -2.37. The zero-order valence-electron chi connectivity index (χ0n) is 8.16. The molecule has 0 aromatic carbocycles. The molecule has 13 heavy (non-hydrogen) atoms. The molecule has 0 bridgehead atoms. The minimum Gasteiger partial charge on any atom is -0.378 e. The zero-order chi connectivity index (χ0) is 10.3. The highest BCUT2D eigenvalue weighted by Crippen LogP contribution is 2.64. The summed E-state index contributed by atoms with van der Waals surface area (Å²) in [7, 11) is 0. The molecular weight excluding hydrogens is 231 g/mol. The van der Waals surface area contributed by atoms with E-state index in [2.05, 4.69) is 0 Å². The van der Waals surface area contributed by atoms with Gasteiger partial charge in [0.25, 0.3) is 0 Å². The Hall–Kier alpha value is 0.790. The average molecular weight is 247 g/mol. The molecule has 0 N–H and O–H groups in total. The van der Waals surface area contributed by atoms with Crippen molar-refractivity contribution in [3.05, 3.63) is 0 Å². The third kappa shape index (κ3) is 7.83. The minimum absolute atomic E-state index is 0.0579. The second kappa shape index (κ2) is 7.13. The molecule has 6 heteroatoms. The molecule has 3 nitrogen and oxygen atoms in total. The van der Waals surface area contributed by atoms with E-state index in [-0.39, 0.29) is 6.10 Å². The van der Waals surface area contributed by atoms with Crippen LogP contribution in [0, 0.1) is 0 Å². The normalized spacial score (nSPS) is 18.2. The van der Waals surface area contributed by atoms with E-state index >= 15 is 0 Å². The van der Waals surface area contributed by atoms with Crippen LogP contribution in [0.2, 0.25) is 0 Å². The molecule has 2 unspecified atom stereocenters. The van der Waals surface area contributed by atoms with Crippen molar-refractivity contribution in [2.75, 3.05) is 19.0 Å². The van der Waals surface area contributed by atoms with Gasteiger partial charge in [-0.2, -0.15) is 0 Å². The molecule has 2 atom stereocenters. The van der Waals surface area contributed by atoms with E-state index in [1.54, 1.807) is 6.92 Å². The van der Waals surface area contributed by atoms with Gasteiger partial charge in [-0.05, 0) is 32.0 Å². The minimum atomic E-state index is -2.96. The Morgan fingerprint density at radius 3 is 2.54 bits per heavy atom. The monoisotopic (exact) mass is 246 g/mol. The van der Waals surface area contributed by atoms with Crippen LogP contribution in [0.15, 0.2) is 0 Å². The molecule has 0 aliphatic rings. The standard InChI is InChI=1S/C7H16ClO3PS/c1-4-10-7(3)6-13-12(8,9)11-5-2/h7H,4-6H2,1-3H3. The second-order valence-corrected chi connectivity index (χ2v) is 8.27. The third-order valence-corrected chi connectivity index (χ3v) is 5.55. The Morgan fingerprint density at radius 1 is 1.46 bits per heavy atom. The van der Waals surface area contributed by atoms with E-state index in [1.807, 2.05) is 13.8 Å². The summed E-state index contributed by atoms with van der Waals surface area (Å²) in [4.78, 5) is 0. The molecule has 0 rings (SSSR count). The number of halogens is 1. The van der Waals surface area contributed by atoms with Gasteiger partial charge in [0.05, 0.1) is 12.7 Å². The molecule has 0 aliphatic carbocycles. The third-order valence-electron chi connectivity index (χ3n) is 1.20. The van der Waals surface area contributed by atoms with Crippen LogP contribution in [0.5, 0.6) is 0 Å². The Kier molecular flexibility index (Phi) is 7.56. The van der Waals surface area contributed by atoms with E-state index in [4.69, 9.17) is 20.5 Å². The van der Waals surface area contributed by atoms with Crippen LogP contribution in [-0.2, 0) is 13.8 Å². The van der Waals surface area contributed by atoms with Crippen molar-refractivity contribution in [1.82, 2.24) is 0 Å². The van der Waals surface area contributed by atoms with Gasteiger partial charge in [-0.1, -0.05) is 11.4 Å². The molecule has 0 fully saturated rings. The Morgan fingerprint density at radius 2 is 2.08 bits per heavy atom. The lowest BCUT2D eigenvalue weighted by Crippen LogP contribution is -2.10. The van der Waals surface area contributed by atoms with E-state index in [1.165, 1.54) is 0 Å². The van der Waals surface area contributed by atoms with E-state index in [0.717, 1.165) is 11.4 Å². The van der Waals surface area contributed by atoms with Crippen molar-refractivity contribution in [1.29, 1.82) is 0 Å². The van der Waals surface area contributed by atoms with Crippen molar-refractivity contribution in [2.45, 2.75) is 26.9 Å². The number of hydrogen-bond donors (Lipinski definition) is 0. The van der Waals surface area contributed by atoms with E-state index in [9.17, 15) is 4.57 Å². The molecule has 80 valence electrons. The molecule has 0 amide bonds. The van der Waals surface area contributed by atoms with Crippen molar-refractivity contribution in [3.8, 4) is 0 Å². The summed E-state index contributed by atoms with van der Waals surface area (Å²) in [6, 6.07) is 0. The molecule has 0 radical (unpaired) electrons. The van der Waals surface area contributed by atoms with Gasteiger partial charge in [-0.15, -0.1) is 0 Å². The fourth-order valence-corrected chi connectivity index (χ4v) is 4.09. The van der Waals surface area contributed by atoms with Crippen LogP contribution >= 0.6 is 28.5 Å². The maximum atomic E-state index is 11.4. The van der Waals surface area contributed by atoms with Gasteiger partial charge >= 0.3 is 5.92 Å². The maximum absolute atomic E-state index is 11.4. The Balaban J connectivity index is 3.67. The van der Waals surface area contributed by atoms with Crippen LogP contribution in [-0.4, -0.2) is 25.1 Å². The summed E-state index contributed by atoms with van der Waals surface area (Å²) >= 11 is 6.75. The number of hydrogen-bond acceptors (Lipinski definition) is 4. The van der Waals surface area contributed by atoms with Crippen molar-refractivity contribution in [2.24, 2.45) is 0 Å². The molecule has 0 saturated heterocycles. The predicted molar refractivity (Wildman–Crippen MR) is 58.6 cm³/mol. The lowest BCUT2D eigenvalue weighted by molar-refractivity contribution is 0.0933. The van der Waals surface area contributed by atoms with Gasteiger partial charge in [0, 0.05) is 12.4 Å². The molecule has 0 heterocycles. The van der Waals surface area contributed by atoms with Crippen LogP contribution in [0.1, 0.15) is 20.8 Å². The summed E-state index contributed by atoms with van der Waals surface area (Å²) in [6.45, 7) is 6.63. The lowest BCUT2D eigenvalue weighted by Gasteiger charge is -2.13. The molecule has 0 aliphatic heterocycles. The summed E-state index contributed by atoms with van der Waals surface area (Å²) in [5.41, 5.74) is 0. The van der Waals surface area contributed by atoms with Crippen molar-refractivity contribution in [3.63, 3.8) is 0 Å². The second-order valence-electron chi connectivity index (χ2n) is 2.41. The summed E-state index contributed by atoms with van der Waals surface area (Å²) in [5, 5.41) is 0. The highest BCUT2D eigenvalue weighted by molar-refractivity contribution is 8.63. The van der Waals surface area contributed by atoms with Gasteiger partial charge in [0.2, 0.25) is 0 Å². The Labute approximate surface area is 88.5 Å². The average Bonchev–Trinajstić information content (AvgIpc) is 2.02. The molecule has 0 spiro atoms. The fourth-order valence-electron chi connectivity index (χ4n) is 0.718. The first kappa shape index (κ1) is 13.8. The number of rotatable bonds is 7. The van der Waals surface area contributed by atoms with Gasteiger partial charge in [0.1, 0.15) is 0 Å². The van der Waals surface area contributed by atoms with Gasteiger partial charge in [-0.25, -0.2) is 0 Å². The Bertz CT molecular complexity index is 179. The molecule has 0 saturated carbocycles. The first-order chi connectivity index (χ1) is 6.02. The largest absolute Gasteiger partial charge is 0.378 e. The van der Waals surface area contributed by atoms with Crippen LogP contribution < -0.4 is 0 Å². The van der Waals surface area contributed by atoms with Gasteiger partial charge < -0.3 is 9.26 Å². The zero-order valence-corrected chi connectivity index (χ0v) is 10.6. The highest BCUT2D eigenvalue weighted by atomic mass is 35.7. The summed E-state index contributed by atoms with van der Waals surface area (Å²) in [6.07, 6.45) is 0.0579. The van der Waals surface area contributed by atoms with E-state index in [0.29, 0.717) is 19.0 Å². The van der Waals surface area contributed by atoms with Crippen LogP contribution in [0.4, 0.5) is 0 Å². The fraction of sp³-hybridized carbons (Fsp3) is 1.00. The topological polar surface area (TPSA) is 35.5 Å². The van der Waals surface area contributed by atoms with Crippen molar-refractivity contribution >= 4 is 28.5 Å².